The zero-order valence-corrected chi connectivity index (χ0v) is 37.7. The van der Waals surface area contributed by atoms with Gasteiger partial charge in [0.1, 0.15) is 16.7 Å². The van der Waals surface area contributed by atoms with E-state index in [9.17, 15) is 0 Å². The van der Waals surface area contributed by atoms with Crippen molar-refractivity contribution in [2.24, 2.45) is 0 Å². The van der Waals surface area contributed by atoms with Crippen LogP contribution < -0.4 is 9.80 Å². The fraction of sp³-hybridized carbons (Fsp3) is 0.0968. The molecule has 0 aliphatic rings. The van der Waals surface area contributed by atoms with E-state index in [0.29, 0.717) is 11.8 Å². The van der Waals surface area contributed by atoms with Crippen molar-refractivity contribution in [1.82, 2.24) is 0 Å². The first kappa shape index (κ1) is 39.1. The second-order valence-corrected chi connectivity index (χ2v) is 18.5. The predicted octanol–water partition coefficient (Wildman–Crippen LogP) is 18.9. The van der Waals surface area contributed by atoms with E-state index in [1.165, 1.54) is 11.1 Å². The molecule has 5 nitrogen and oxygen atoms in total. The number of fused-ring (bicyclic) bond motifs is 12. The maximum atomic E-state index is 6.83. The minimum Gasteiger partial charge on any atom is -0.454 e. The van der Waals surface area contributed by atoms with E-state index in [1.807, 2.05) is 12.1 Å². The van der Waals surface area contributed by atoms with Crippen molar-refractivity contribution >= 4 is 121 Å². The average molecular weight is 867 g/mol. The highest BCUT2D eigenvalue weighted by molar-refractivity contribution is 6.21. The summed E-state index contributed by atoms with van der Waals surface area (Å²) in [6.07, 6.45) is 0. The molecule has 0 saturated heterocycles. The summed E-state index contributed by atoms with van der Waals surface area (Å²) in [6, 6.07) is 69.7. The molecular weight excluding hydrogens is 821 g/mol. The van der Waals surface area contributed by atoms with Gasteiger partial charge in [-0.15, -0.1) is 0 Å². The molecule has 10 aromatic carbocycles. The molecule has 5 heteroatoms. The lowest BCUT2D eigenvalue weighted by Gasteiger charge is -2.26. The van der Waals surface area contributed by atoms with Gasteiger partial charge in [-0.05, 0) is 154 Å². The summed E-state index contributed by atoms with van der Waals surface area (Å²) >= 11 is 0. The molecule has 322 valence electrons. The van der Waals surface area contributed by atoms with Gasteiger partial charge in [0.05, 0.1) is 5.69 Å². The maximum Gasteiger partial charge on any atom is 0.178 e. The van der Waals surface area contributed by atoms with Gasteiger partial charge >= 0.3 is 0 Å². The molecule has 0 unspecified atom stereocenters. The number of benzene rings is 10. The fourth-order valence-corrected chi connectivity index (χ4v) is 10.2. The van der Waals surface area contributed by atoms with Gasteiger partial charge in [0.25, 0.3) is 0 Å². The van der Waals surface area contributed by atoms with E-state index in [2.05, 4.69) is 219 Å². The highest BCUT2D eigenvalue weighted by atomic mass is 16.4. The molecule has 13 aromatic rings. The molecule has 3 aromatic heterocycles. The van der Waals surface area contributed by atoms with Crippen LogP contribution in [0.3, 0.4) is 0 Å². The van der Waals surface area contributed by atoms with Crippen molar-refractivity contribution in [3.05, 3.63) is 205 Å². The van der Waals surface area contributed by atoms with Gasteiger partial charge in [0.2, 0.25) is 0 Å². The number of anilines is 6. The van der Waals surface area contributed by atoms with Crippen molar-refractivity contribution in [2.45, 2.75) is 39.5 Å². The second kappa shape index (κ2) is 15.1. The summed E-state index contributed by atoms with van der Waals surface area (Å²) in [5.74, 6) is 0.921. The number of para-hydroxylation sites is 3. The molecule has 0 N–H and O–H groups in total. The van der Waals surface area contributed by atoms with Gasteiger partial charge in [0, 0.05) is 60.8 Å². The Morgan fingerprint density at radius 1 is 0.299 bits per heavy atom. The first-order chi connectivity index (χ1) is 32.8. The Kier molecular flexibility index (Phi) is 8.84. The number of hydrogen-bond donors (Lipinski definition) is 0. The van der Waals surface area contributed by atoms with Crippen LogP contribution in [0.5, 0.6) is 0 Å². The topological polar surface area (TPSA) is 45.9 Å². The number of rotatable bonds is 8. The predicted molar refractivity (Wildman–Crippen MR) is 281 cm³/mol. The average Bonchev–Trinajstić information content (AvgIpc) is 4.04. The van der Waals surface area contributed by atoms with Crippen molar-refractivity contribution < 1.29 is 13.3 Å². The minimum absolute atomic E-state index is 0.460. The second-order valence-electron chi connectivity index (χ2n) is 18.5. The van der Waals surface area contributed by atoms with E-state index in [0.717, 1.165) is 121 Å². The van der Waals surface area contributed by atoms with Gasteiger partial charge < -0.3 is 23.1 Å². The lowest BCUT2D eigenvalue weighted by atomic mass is 10.0. The van der Waals surface area contributed by atoms with Crippen LogP contribution in [0.25, 0.3) is 87.4 Å². The largest absolute Gasteiger partial charge is 0.454 e. The third-order valence-electron chi connectivity index (χ3n) is 13.8. The Morgan fingerprint density at radius 2 is 0.761 bits per heavy atom. The quantitative estimate of drug-likeness (QED) is 0.152. The molecule has 3 heterocycles. The monoisotopic (exact) mass is 866 g/mol. The zero-order valence-electron chi connectivity index (χ0n) is 37.7. The van der Waals surface area contributed by atoms with E-state index < -0.39 is 0 Å². The summed E-state index contributed by atoms with van der Waals surface area (Å²) < 4.78 is 20.2. The Bertz CT molecular complexity index is 3990. The Morgan fingerprint density at radius 3 is 1.33 bits per heavy atom. The molecule has 0 radical (unpaired) electrons. The molecule has 67 heavy (non-hydrogen) atoms. The molecule has 0 aliphatic heterocycles. The lowest BCUT2D eigenvalue weighted by molar-refractivity contribution is 0.634. The molecule has 0 atom stereocenters. The van der Waals surface area contributed by atoms with E-state index in [-0.39, 0.29) is 0 Å². The summed E-state index contributed by atoms with van der Waals surface area (Å²) in [4.78, 5) is 4.63. The van der Waals surface area contributed by atoms with Crippen molar-refractivity contribution in [3.63, 3.8) is 0 Å². The zero-order chi connectivity index (χ0) is 44.9. The van der Waals surface area contributed by atoms with Crippen LogP contribution in [0.4, 0.5) is 34.1 Å². The summed E-state index contributed by atoms with van der Waals surface area (Å²) in [6.45, 7) is 8.95. The Labute approximate surface area is 387 Å². The molecular formula is C62H46N2O3. The van der Waals surface area contributed by atoms with E-state index in [4.69, 9.17) is 13.3 Å². The molecule has 13 rings (SSSR count). The molecule has 0 spiro atoms. The van der Waals surface area contributed by atoms with Crippen LogP contribution in [0, 0.1) is 0 Å². The van der Waals surface area contributed by atoms with Crippen molar-refractivity contribution in [2.75, 3.05) is 9.80 Å². The van der Waals surface area contributed by atoms with Crippen LogP contribution in [0.15, 0.2) is 207 Å². The standard InChI is InChI=1S/C62H46N2O3/c1-37(2)39-17-23-46(24-18-39)63(47-25-19-40(20-26-47)38(3)4)48-27-21-41-33-54-52-29-30-53-55-34-42-22-28-49(32-44(42)36-59(55)67-62(53)61(52)66-58(54)35-43(41)31-48)64(45-11-6-5-7-12-45)56-15-10-14-51-50-13-8-9-16-57(50)65-60(51)56/h5-38H,1-4H3. The van der Waals surface area contributed by atoms with Gasteiger partial charge in [0.15, 0.2) is 16.7 Å². The van der Waals surface area contributed by atoms with E-state index in [1.54, 1.807) is 0 Å². The van der Waals surface area contributed by atoms with Gasteiger partial charge in [-0.3, -0.25) is 0 Å². The number of hydrogen-bond acceptors (Lipinski definition) is 5. The normalized spacial score (nSPS) is 12.1. The first-order valence-corrected chi connectivity index (χ1v) is 23.3. The summed E-state index contributed by atoms with van der Waals surface area (Å²) in [5, 5.41) is 10.8. The van der Waals surface area contributed by atoms with Crippen LogP contribution in [-0.4, -0.2) is 0 Å². The van der Waals surface area contributed by atoms with E-state index >= 15 is 0 Å². The minimum atomic E-state index is 0.460. The van der Waals surface area contributed by atoms with Gasteiger partial charge in [-0.1, -0.05) is 113 Å². The molecule has 0 fully saturated rings. The first-order valence-electron chi connectivity index (χ1n) is 23.3. The van der Waals surface area contributed by atoms with Crippen LogP contribution in [0.1, 0.15) is 50.7 Å². The van der Waals surface area contributed by atoms with Crippen molar-refractivity contribution in [3.8, 4) is 0 Å². The highest BCUT2D eigenvalue weighted by Crippen LogP contribution is 2.45. The number of nitrogens with zero attached hydrogens (tertiary/aromatic N) is 2. The Hall–Kier alpha value is -8.28. The third-order valence-corrected chi connectivity index (χ3v) is 13.8. The SMILES string of the molecule is CC(C)c1ccc(N(c2ccc(C(C)C)cc2)c2ccc3cc4c(cc3c2)oc2c4ccc3c4cc5ccc(N(c6ccccc6)c6cccc7c6oc6ccccc67)cc5cc4oc32)cc1. The third kappa shape index (κ3) is 6.37. The molecule has 0 amide bonds. The molecule has 0 saturated carbocycles. The smallest absolute Gasteiger partial charge is 0.178 e. The van der Waals surface area contributed by atoms with Gasteiger partial charge in [-0.25, -0.2) is 0 Å². The summed E-state index contributed by atoms with van der Waals surface area (Å²) in [7, 11) is 0. The lowest BCUT2D eigenvalue weighted by Crippen LogP contribution is -2.10. The van der Waals surface area contributed by atoms with Gasteiger partial charge in [-0.2, -0.15) is 0 Å². The molecule has 0 bridgehead atoms. The van der Waals surface area contributed by atoms with Crippen LogP contribution in [-0.2, 0) is 0 Å². The number of furan rings is 3. The maximum absolute atomic E-state index is 6.83. The highest BCUT2D eigenvalue weighted by Gasteiger charge is 2.22. The summed E-state index contributed by atoms with van der Waals surface area (Å²) in [5.41, 5.74) is 13.9. The van der Waals surface area contributed by atoms with Crippen LogP contribution in [0.2, 0.25) is 0 Å². The van der Waals surface area contributed by atoms with Crippen molar-refractivity contribution in [1.29, 1.82) is 0 Å². The molecule has 0 aliphatic carbocycles. The van der Waals surface area contributed by atoms with Crippen LogP contribution >= 0.6 is 0 Å². The fourth-order valence-electron chi connectivity index (χ4n) is 10.2. The Balaban J connectivity index is 0.916.